The zero-order valence-corrected chi connectivity index (χ0v) is 10.2. The number of nitrogens with zero attached hydrogens (tertiary/aromatic N) is 2. The number of anilines is 1. The lowest BCUT2D eigenvalue weighted by molar-refractivity contribution is -0.144. The van der Waals surface area contributed by atoms with Gasteiger partial charge in [0.2, 0.25) is 12.2 Å². The number of aromatic nitrogens is 4. The van der Waals surface area contributed by atoms with Gasteiger partial charge in [-0.3, -0.25) is 9.78 Å². The highest BCUT2D eigenvalue weighted by Crippen LogP contribution is 2.17. The molecule has 0 aliphatic carbocycles. The third-order valence-corrected chi connectivity index (χ3v) is 2.26. The average Bonchev–Trinajstić information content (AvgIpc) is 2.72. The Balaban J connectivity index is 2.45. The number of rotatable bonds is 5. The number of nitrogens with two attached hydrogens (primary N) is 1. The van der Waals surface area contributed by atoms with Gasteiger partial charge in [-0.05, 0) is 13.8 Å². The molecule has 0 bridgehead atoms. The summed E-state index contributed by atoms with van der Waals surface area (Å²) in [7, 11) is 0. The van der Waals surface area contributed by atoms with Crippen LogP contribution in [0.25, 0.3) is 11.2 Å². The maximum Gasteiger partial charge on any atom is 0.278 e. The second kappa shape index (κ2) is 5.15. The first-order valence-corrected chi connectivity index (χ1v) is 5.64. The first kappa shape index (κ1) is 12.5. The number of hydrogen-bond donors (Lipinski definition) is 3. The van der Waals surface area contributed by atoms with Gasteiger partial charge in [-0.25, -0.2) is 4.98 Å². The van der Waals surface area contributed by atoms with Crippen LogP contribution >= 0.6 is 0 Å². The van der Waals surface area contributed by atoms with E-state index < -0.39 is 6.29 Å². The molecular weight excluding hydrogens is 238 g/mol. The number of nitrogens with one attached hydrogen (secondary N) is 2. The summed E-state index contributed by atoms with van der Waals surface area (Å²) in [5.41, 5.74) is 5.57. The van der Waals surface area contributed by atoms with E-state index in [4.69, 9.17) is 15.2 Å². The van der Waals surface area contributed by atoms with Gasteiger partial charge in [-0.2, -0.15) is 4.98 Å². The number of H-pyrrole nitrogens is 2. The Kier molecular flexibility index (Phi) is 3.58. The quantitative estimate of drug-likeness (QED) is 0.659. The van der Waals surface area contributed by atoms with Crippen LogP contribution in [0.4, 0.5) is 5.95 Å². The SMILES string of the molecule is CCOC(OCC)c1nc2nc(N)[nH]c(=O)c2[nH]1. The molecule has 8 heteroatoms. The van der Waals surface area contributed by atoms with E-state index in [2.05, 4.69) is 19.9 Å². The number of fused-ring (bicyclic) bond motifs is 1. The molecule has 8 nitrogen and oxygen atoms in total. The molecular formula is C10H15N5O3. The highest BCUT2D eigenvalue weighted by atomic mass is 16.7. The molecule has 0 spiro atoms. The standard InChI is InChI=1S/C10H15N5O3/c1-3-17-9(18-4-2)7-12-5-6(13-7)14-10(11)15-8(5)16/h9H,3-4H2,1-2H3,(H4,11,12,13,14,15,16). The second-order valence-corrected chi connectivity index (χ2v) is 3.51. The lowest BCUT2D eigenvalue weighted by atomic mass is 10.5. The Morgan fingerprint density at radius 3 is 2.50 bits per heavy atom. The van der Waals surface area contributed by atoms with Gasteiger partial charge < -0.3 is 20.2 Å². The third kappa shape index (κ3) is 2.34. The summed E-state index contributed by atoms with van der Waals surface area (Å²) >= 11 is 0. The maximum atomic E-state index is 11.6. The van der Waals surface area contributed by atoms with Crippen molar-refractivity contribution in [2.24, 2.45) is 0 Å². The fourth-order valence-corrected chi connectivity index (χ4v) is 1.56. The monoisotopic (exact) mass is 253 g/mol. The van der Waals surface area contributed by atoms with Crippen molar-refractivity contribution in [3.63, 3.8) is 0 Å². The number of nitrogen functional groups attached to an aromatic ring is 1. The van der Waals surface area contributed by atoms with Crippen molar-refractivity contribution in [2.75, 3.05) is 18.9 Å². The van der Waals surface area contributed by atoms with Crippen molar-refractivity contribution in [1.82, 2.24) is 19.9 Å². The van der Waals surface area contributed by atoms with Gasteiger partial charge in [0, 0.05) is 13.2 Å². The molecule has 2 aromatic heterocycles. The molecule has 2 heterocycles. The van der Waals surface area contributed by atoms with Crippen LogP contribution in [0.15, 0.2) is 4.79 Å². The van der Waals surface area contributed by atoms with Gasteiger partial charge in [0.15, 0.2) is 17.0 Å². The lowest BCUT2D eigenvalue weighted by Crippen LogP contribution is -2.11. The number of ether oxygens (including phenoxy) is 2. The summed E-state index contributed by atoms with van der Waals surface area (Å²) in [6.45, 7) is 4.62. The minimum Gasteiger partial charge on any atom is -0.369 e. The highest BCUT2D eigenvalue weighted by molar-refractivity contribution is 5.70. The summed E-state index contributed by atoms with van der Waals surface area (Å²) in [6, 6.07) is 0. The smallest absolute Gasteiger partial charge is 0.278 e. The van der Waals surface area contributed by atoms with Crippen LogP contribution < -0.4 is 11.3 Å². The van der Waals surface area contributed by atoms with Crippen molar-refractivity contribution >= 4 is 17.1 Å². The molecule has 0 saturated heterocycles. The molecule has 0 unspecified atom stereocenters. The van der Waals surface area contributed by atoms with Crippen LogP contribution in [0.1, 0.15) is 26.0 Å². The van der Waals surface area contributed by atoms with E-state index in [0.29, 0.717) is 19.0 Å². The van der Waals surface area contributed by atoms with Crippen LogP contribution in [0, 0.1) is 0 Å². The molecule has 0 atom stereocenters. The summed E-state index contributed by atoms with van der Waals surface area (Å²) < 4.78 is 10.8. The van der Waals surface area contributed by atoms with Gasteiger partial charge in [0.1, 0.15) is 0 Å². The lowest BCUT2D eigenvalue weighted by Gasteiger charge is -2.13. The number of imidazole rings is 1. The van der Waals surface area contributed by atoms with Gasteiger partial charge in [-0.15, -0.1) is 0 Å². The fraction of sp³-hybridized carbons (Fsp3) is 0.500. The molecule has 0 radical (unpaired) electrons. The highest BCUT2D eigenvalue weighted by Gasteiger charge is 2.18. The van der Waals surface area contributed by atoms with Crippen molar-refractivity contribution in [2.45, 2.75) is 20.1 Å². The van der Waals surface area contributed by atoms with Crippen molar-refractivity contribution in [3.8, 4) is 0 Å². The Morgan fingerprint density at radius 2 is 1.89 bits per heavy atom. The first-order chi connectivity index (χ1) is 8.65. The number of aromatic amines is 2. The largest absolute Gasteiger partial charge is 0.369 e. The Bertz CT molecular complexity index is 585. The third-order valence-electron chi connectivity index (χ3n) is 2.26. The van der Waals surface area contributed by atoms with Crippen molar-refractivity contribution in [3.05, 3.63) is 16.2 Å². The van der Waals surface area contributed by atoms with Crippen LogP contribution in [0.3, 0.4) is 0 Å². The molecule has 4 N–H and O–H groups in total. The van der Waals surface area contributed by atoms with Crippen LogP contribution in [-0.2, 0) is 9.47 Å². The van der Waals surface area contributed by atoms with Crippen LogP contribution in [0.2, 0.25) is 0 Å². The summed E-state index contributed by atoms with van der Waals surface area (Å²) in [6.07, 6.45) is -0.644. The zero-order valence-electron chi connectivity index (χ0n) is 10.2. The molecule has 2 aromatic rings. The van der Waals surface area contributed by atoms with Gasteiger partial charge >= 0.3 is 0 Å². The van der Waals surface area contributed by atoms with E-state index in [-0.39, 0.29) is 22.7 Å². The normalized spacial score (nSPS) is 11.5. The predicted octanol–water partition coefficient (Wildman–Crippen LogP) is 0.300. The fourth-order valence-electron chi connectivity index (χ4n) is 1.56. The van der Waals surface area contributed by atoms with E-state index in [1.54, 1.807) is 0 Å². The van der Waals surface area contributed by atoms with E-state index in [1.807, 2.05) is 13.8 Å². The summed E-state index contributed by atoms with van der Waals surface area (Å²) in [5.74, 6) is 0.423. The summed E-state index contributed by atoms with van der Waals surface area (Å²) in [5, 5.41) is 0. The summed E-state index contributed by atoms with van der Waals surface area (Å²) in [4.78, 5) is 24.9. The van der Waals surface area contributed by atoms with E-state index in [0.717, 1.165) is 0 Å². The molecule has 0 aliphatic rings. The second-order valence-electron chi connectivity index (χ2n) is 3.51. The van der Waals surface area contributed by atoms with Gasteiger partial charge in [-0.1, -0.05) is 0 Å². The van der Waals surface area contributed by atoms with E-state index in [9.17, 15) is 4.79 Å². The Hall–Kier alpha value is -1.93. The van der Waals surface area contributed by atoms with E-state index >= 15 is 0 Å². The number of hydrogen-bond acceptors (Lipinski definition) is 6. The van der Waals surface area contributed by atoms with Crippen LogP contribution in [0.5, 0.6) is 0 Å². The van der Waals surface area contributed by atoms with E-state index in [1.165, 1.54) is 0 Å². The molecule has 0 amide bonds. The molecule has 0 saturated carbocycles. The molecule has 0 aliphatic heterocycles. The maximum absolute atomic E-state index is 11.6. The minimum atomic E-state index is -0.644. The van der Waals surface area contributed by atoms with Gasteiger partial charge in [0.05, 0.1) is 0 Å². The van der Waals surface area contributed by atoms with Crippen LogP contribution in [-0.4, -0.2) is 33.1 Å². The Morgan fingerprint density at radius 1 is 1.22 bits per heavy atom. The predicted molar refractivity (Wildman–Crippen MR) is 64.9 cm³/mol. The average molecular weight is 253 g/mol. The molecule has 2 rings (SSSR count). The van der Waals surface area contributed by atoms with Gasteiger partial charge in [0.25, 0.3) is 5.56 Å². The zero-order chi connectivity index (χ0) is 13.1. The molecule has 18 heavy (non-hydrogen) atoms. The molecule has 0 fully saturated rings. The molecule has 0 aromatic carbocycles. The molecule has 98 valence electrons. The van der Waals surface area contributed by atoms with Crippen molar-refractivity contribution in [1.29, 1.82) is 0 Å². The van der Waals surface area contributed by atoms with Crippen molar-refractivity contribution < 1.29 is 9.47 Å². The Labute approximate surface area is 103 Å². The topological polar surface area (TPSA) is 119 Å². The minimum absolute atomic E-state index is 0.0231. The first-order valence-electron chi connectivity index (χ1n) is 5.64.